The number of hydrogen-bond acceptors (Lipinski definition) is 4. The summed E-state index contributed by atoms with van der Waals surface area (Å²) in [5.74, 6) is 0.760. The molecule has 0 fully saturated rings. The van der Waals surface area contributed by atoms with Crippen molar-refractivity contribution in [3.05, 3.63) is 54.5 Å². The molecule has 1 aromatic heterocycles. The predicted molar refractivity (Wildman–Crippen MR) is 89.6 cm³/mol. The highest BCUT2D eigenvalue weighted by Gasteiger charge is 2.07. The number of benzene rings is 1. The highest BCUT2D eigenvalue weighted by molar-refractivity contribution is 7.99. The van der Waals surface area contributed by atoms with Crippen molar-refractivity contribution in [3.8, 4) is 0 Å². The zero-order valence-electron chi connectivity index (χ0n) is 12.6. The topological polar surface area (TPSA) is 83.4 Å². The Hall–Kier alpha value is -2.41. The van der Waals surface area contributed by atoms with E-state index in [1.54, 1.807) is 23.9 Å². The number of amides is 3. The Kier molecular flexibility index (Phi) is 7.06. The van der Waals surface area contributed by atoms with Crippen LogP contribution in [0.25, 0.3) is 0 Å². The lowest BCUT2D eigenvalue weighted by Gasteiger charge is -2.08. The van der Waals surface area contributed by atoms with Crippen molar-refractivity contribution in [3.63, 3.8) is 0 Å². The van der Waals surface area contributed by atoms with E-state index < -0.39 is 0 Å². The second-order valence-electron chi connectivity index (χ2n) is 4.58. The fourth-order valence-electron chi connectivity index (χ4n) is 1.76. The van der Waals surface area contributed by atoms with Crippen molar-refractivity contribution in [1.29, 1.82) is 0 Å². The molecule has 0 saturated heterocycles. The zero-order valence-corrected chi connectivity index (χ0v) is 13.4. The molecule has 6 nitrogen and oxygen atoms in total. The first-order valence-corrected chi connectivity index (χ1v) is 8.25. The minimum absolute atomic E-state index is 0.245. The van der Waals surface area contributed by atoms with Gasteiger partial charge in [-0.1, -0.05) is 18.2 Å². The summed E-state index contributed by atoms with van der Waals surface area (Å²) < 4.78 is 4.96. The molecular formula is C16H19N3O3S. The third-order valence-corrected chi connectivity index (χ3v) is 3.85. The standard InChI is InChI=1S/C16H19N3O3S/c20-15(14-7-4-11-22-14)17-8-9-18-16(21)19-10-12-23-13-5-2-1-3-6-13/h1-7,11H,8-10,12H2,(H,17,20)(H2,18,19,21). The monoisotopic (exact) mass is 333 g/mol. The quantitative estimate of drug-likeness (QED) is 0.510. The molecule has 2 aromatic rings. The van der Waals surface area contributed by atoms with Gasteiger partial charge in [0.1, 0.15) is 0 Å². The lowest BCUT2D eigenvalue weighted by atomic mass is 10.4. The molecule has 0 aliphatic heterocycles. The average molecular weight is 333 g/mol. The van der Waals surface area contributed by atoms with E-state index in [2.05, 4.69) is 16.0 Å². The second-order valence-corrected chi connectivity index (χ2v) is 5.75. The number of rotatable bonds is 8. The number of thioether (sulfide) groups is 1. The molecular weight excluding hydrogens is 314 g/mol. The van der Waals surface area contributed by atoms with Crippen molar-refractivity contribution in [2.75, 3.05) is 25.4 Å². The number of nitrogens with one attached hydrogen (secondary N) is 3. The second kappa shape index (κ2) is 9.58. The first-order chi connectivity index (χ1) is 11.3. The first kappa shape index (κ1) is 17.0. The van der Waals surface area contributed by atoms with E-state index in [0.717, 1.165) is 5.75 Å². The maximum atomic E-state index is 11.6. The maximum Gasteiger partial charge on any atom is 0.314 e. The third kappa shape index (κ3) is 6.48. The van der Waals surface area contributed by atoms with Crippen LogP contribution in [0.4, 0.5) is 4.79 Å². The Morgan fingerprint density at radius 3 is 2.39 bits per heavy atom. The lowest BCUT2D eigenvalue weighted by Crippen LogP contribution is -2.40. The maximum absolute atomic E-state index is 11.6. The van der Waals surface area contributed by atoms with E-state index in [-0.39, 0.29) is 17.7 Å². The van der Waals surface area contributed by atoms with Crippen LogP contribution in [-0.4, -0.2) is 37.3 Å². The SMILES string of the molecule is O=C(NCCNC(=O)c1ccco1)NCCSc1ccccc1. The normalized spacial score (nSPS) is 10.1. The van der Waals surface area contributed by atoms with Gasteiger partial charge in [-0.05, 0) is 24.3 Å². The summed E-state index contributed by atoms with van der Waals surface area (Å²) in [5, 5.41) is 8.09. The van der Waals surface area contributed by atoms with Crippen LogP contribution < -0.4 is 16.0 Å². The number of carbonyl (C=O) groups is 2. The van der Waals surface area contributed by atoms with Crippen molar-refractivity contribution < 1.29 is 14.0 Å². The summed E-state index contributed by atoms with van der Waals surface area (Å²) in [4.78, 5) is 24.3. The lowest BCUT2D eigenvalue weighted by molar-refractivity contribution is 0.0926. The minimum Gasteiger partial charge on any atom is -0.459 e. The summed E-state index contributed by atoms with van der Waals surface area (Å²) >= 11 is 1.68. The van der Waals surface area contributed by atoms with Gasteiger partial charge in [0.05, 0.1) is 6.26 Å². The van der Waals surface area contributed by atoms with Crippen LogP contribution >= 0.6 is 11.8 Å². The fourth-order valence-corrected chi connectivity index (χ4v) is 2.55. The first-order valence-electron chi connectivity index (χ1n) is 7.27. The van der Waals surface area contributed by atoms with Gasteiger partial charge < -0.3 is 20.4 Å². The van der Waals surface area contributed by atoms with Gasteiger partial charge in [0.2, 0.25) is 0 Å². The van der Waals surface area contributed by atoms with Crippen LogP contribution in [-0.2, 0) is 0 Å². The molecule has 1 aromatic carbocycles. The molecule has 23 heavy (non-hydrogen) atoms. The van der Waals surface area contributed by atoms with Crippen molar-refractivity contribution >= 4 is 23.7 Å². The molecule has 7 heteroatoms. The molecule has 0 unspecified atom stereocenters. The van der Waals surface area contributed by atoms with Gasteiger partial charge in [0.25, 0.3) is 5.91 Å². The Morgan fingerprint density at radius 2 is 1.65 bits per heavy atom. The van der Waals surface area contributed by atoms with Gasteiger partial charge in [-0.15, -0.1) is 11.8 Å². The molecule has 122 valence electrons. The number of urea groups is 1. The molecule has 0 aliphatic carbocycles. The van der Waals surface area contributed by atoms with Crippen molar-refractivity contribution in [1.82, 2.24) is 16.0 Å². The molecule has 0 bridgehead atoms. The Bertz CT molecular complexity index is 602. The zero-order chi connectivity index (χ0) is 16.3. The largest absolute Gasteiger partial charge is 0.459 e. The van der Waals surface area contributed by atoms with Crippen molar-refractivity contribution in [2.24, 2.45) is 0 Å². The average Bonchev–Trinajstić information content (AvgIpc) is 3.11. The van der Waals surface area contributed by atoms with Gasteiger partial charge in [-0.2, -0.15) is 0 Å². The summed E-state index contributed by atoms with van der Waals surface area (Å²) in [7, 11) is 0. The number of carbonyl (C=O) groups excluding carboxylic acids is 2. The van der Waals surface area contributed by atoms with Gasteiger partial charge in [0, 0.05) is 30.3 Å². The van der Waals surface area contributed by atoms with Crippen LogP contribution in [0.2, 0.25) is 0 Å². The van der Waals surface area contributed by atoms with Crippen LogP contribution in [0.1, 0.15) is 10.6 Å². The number of hydrogen-bond donors (Lipinski definition) is 3. The van der Waals surface area contributed by atoms with E-state index >= 15 is 0 Å². The molecule has 3 amide bonds. The third-order valence-electron chi connectivity index (χ3n) is 2.84. The Morgan fingerprint density at radius 1 is 0.913 bits per heavy atom. The molecule has 1 heterocycles. The smallest absolute Gasteiger partial charge is 0.314 e. The van der Waals surface area contributed by atoms with Gasteiger partial charge in [0.15, 0.2) is 5.76 Å². The summed E-state index contributed by atoms with van der Waals surface area (Å²) in [6.07, 6.45) is 1.44. The molecule has 0 spiro atoms. The highest BCUT2D eigenvalue weighted by atomic mass is 32.2. The van der Waals surface area contributed by atoms with E-state index in [1.807, 2.05) is 30.3 Å². The molecule has 0 saturated carbocycles. The van der Waals surface area contributed by atoms with Crippen molar-refractivity contribution in [2.45, 2.75) is 4.90 Å². The predicted octanol–water partition coefficient (Wildman–Crippen LogP) is 2.10. The van der Waals surface area contributed by atoms with Crippen LogP contribution in [0.5, 0.6) is 0 Å². The fraction of sp³-hybridized carbons (Fsp3) is 0.250. The Balaban J connectivity index is 1.49. The van der Waals surface area contributed by atoms with Gasteiger partial charge in [-0.25, -0.2) is 4.79 Å². The summed E-state index contributed by atoms with van der Waals surface area (Å²) in [6, 6.07) is 13.0. The molecule has 0 radical (unpaired) electrons. The van der Waals surface area contributed by atoms with E-state index in [4.69, 9.17) is 4.42 Å². The van der Waals surface area contributed by atoms with Gasteiger partial charge in [-0.3, -0.25) is 4.79 Å². The molecule has 3 N–H and O–H groups in total. The molecule has 0 atom stereocenters. The summed E-state index contributed by atoms with van der Waals surface area (Å²) in [6.45, 7) is 1.26. The van der Waals surface area contributed by atoms with Crippen LogP contribution in [0.3, 0.4) is 0 Å². The minimum atomic E-state index is -0.295. The molecule has 2 rings (SSSR count). The van der Waals surface area contributed by atoms with Gasteiger partial charge >= 0.3 is 6.03 Å². The van der Waals surface area contributed by atoms with E-state index in [9.17, 15) is 9.59 Å². The molecule has 0 aliphatic rings. The van der Waals surface area contributed by atoms with Crippen LogP contribution in [0, 0.1) is 0 Å². The number of furan rings is 1. The van der Waals surface area contributed by atoms with Crippen LogP contribution in [0.15, 0.2) is 58.0 Å². The van der Waals surface area contributed by atoms with E-state index in [0.29, 0.717) is 19.6 Å². The summed E-state index contributed by atoms with van der Waals surface area (Å²) in [5.41, 5.74) is 0. The Labute approximate surface area is 139 Å². The highest BCUT2D eigenvalue weighted by Crippen LogP contribution is 2.15. The van der Waals surface area contributed by atoms with E-state index in [1.165, 1.54) is 11.2 Å².